The number of halogens is 1. The zero-order valence-corrected chi connectivity index (χ0v) is 13.8. The average Bonchev–Trinajstić information content (AvgIpc) is 2.50. The van der Waals surface area contributed by atoms with E-state index in [9.17, 15) is 0 Å². The number of methoxy groups -OCH3 is 1. The van der Waals surface area contributed by atoms with E-state index in [0.717, 1.165) is 35.3 Å². The minimum absolute atomic E-state index is 0.607. The molecule has 112 valence electrons. The third kappa shape index (κ3) is 4.72. The summed E-state index contributed by atoms with van der Waals surface area (Å²) in [6.45, 7) is 3.82. The number of nitrogens with one attached hydrogen (secondary N) is 1. The molecule has 0 aliphatic carbocycles. The SMILES string of the molecule is CCCNCc1cc(Br)cnc1Oc1cccc(OC)c1. The van der Waals surface area contributed by atoms with Gasteiger partial charge in [-0.25, -0.2) is 4.98 Å². The molecule has 2 rings (SSSR count). The lowest BCUT2D eigenvalue weighted by Crippen LogP contribution is -2.14. The highest BCUT2D eigenvalue weighted by atomic mass is 79.9. The highest BCUT2D eigenvalue weighted by molar-refractivity contribution is 9.10. The van der Waals surface area contributed by atoms with E-state index >= 15 is 0 Å². The monoisotopic (exact) mass is 350 g/mol. The number of hydrogen-bond acceptors (Lipinski definition) is 4. The van der Waals surface area contributed by atoms with E-state index in [1.54, 1.807) is 13.3 Å². The van der Waals surface area contributed by atoms with Crippen molar-refractivity contribution in [3.8, 4) is 17.4 Å². The number of rotatable bonds is 7. The molecule has 5 heteroatoms. The Hall–Kier alpha value is -1.59. The van der Waals surface area contributed by atoms with E-state index in [1.165, 1.54) is 0 Å². The van der Waals surface area contributed by atoms with E-state index in [1.807, 2.05) is 30.3 Å². The zero-order valence-electron chi connectivity index (χ0n) is 12.2. The van der Waals surface area contributed by atoms with Crippen molar-refractivity contribution >= 4 is 15.9 Å². The summed E-state index contributed by atoms with van der Waals surface area (Å²) in [5, 5.41) is 3.36. The quantitative estimate of drug-likeness (QED) is 0.762. The smallest absolute Gasteiger partial charge is 0.223 e. The molecule has 0 unspecified atom stereocenters. The Morgan fingerprint density at radius 3 is 2.81 bits per heavy atom. The Labute approximate surface area is 133 Å². The van der Waals surface area contributed by atoms with Gasteiger partial charge in [0.2, 0.25) is 5.88 Å². The molecule has 1 aromatic carbocycles. The summed E-state index contributed by atoms with van der Waals surface area (Å²) >= 11 is 3.45. The summed E-state index contributed by atoms with van der Waals surface area (Å²) in [5.41, 5.74) is 1.01. The normalized spacial score (nSPS) is 10.4. The number of ether oxygens (including phenoxy) is 2. The number of benzene rings is 1. The van der Waals surface area contributed by atoms with Crippen LogP contribution in [0.25, 0.3) is 0 Å². The van der Waals surface area contributed by atoms with Crippen molar-refractivity contribution in [3.05, 3.63) is 46.6 Å². The lowest BCUT2D eigenvalue weighted by atomic mass is 10.2. The van der Waals surface area contributed by atoms with Crippen molar-refractivity contribution in [3.63, 3.8) is 0 Å². The molecule has 0 saturated heterocycles. The summed E-state index contributed by atoms with van der Waals surface area (Å²) in [5.74, 6) is 2.08. The third-order valence-electron chi connectivity index (χ3n) is 2.89. The molecule has 0 saturated carbocycles. The molecule has 2 aromatic rings. The van der Waals surface area contributed by atoms with Crippen LogP contribution >= 0.6 is 15.9 Å². The van der Waals surface area contributed by atoms with Crippen LogP contribution in [0, 0.1) is 0 Å². The molecule has 21 heavy (non-hydrogen) atoms. The lowest BCUT2D eigenvalue weighted by Gasteiger charge is -2.11. The van der Waals surface area contributed by atoms with Crippen LogP contribution in [0.1, 0.15) is 18.9 Å². The average molecular weight is 351 g/mol. The van der Waals surface area contributed by atoms with Gasteiger partial charge in [0.25, 0.3) is 0 Å². The van der Waals surface area contributed by atoms with Crippen LogP contribution in [0.5, 0.6) is 17.4 Å². The maximum Gasteiger partial charge on any atom is 0.223 e. The Bertz CT molecular complexity index is 590. The molecule has 0 aliphatic rings. The topological polar surface area (TPSA) is 43.4 Å². The highest BCUT2D eigenvalue weighted by Gasteiger charge is 2.08. The first-order valence-corrected chi connectivity index (χ1v) is 7.69. The van der Waals surface area contributed by atoms with Crippen LogP contribution in [-0.4, -0.2) is 18.6 Å². The van der Waals surface area contributed by atoms with E-state index in [4.69, 9.17) is 9.47 Å². The third-order valence-corrected chi connectivity index (χ3v) is 3.32. The molecular weight excluding hydrogens is 332 g/mol. The molecule has 0 atom stereocenters. The van der Waals surface area contributed by atoms with Crippen LogP contribution in [0.4, 0.5) is 0 Å². The fourth-order valence-electron chi connectivity index (χ4n) is 1.86. The molecular formula is C16H19BrN2O2. The van der Waals surface area contributed by atoms with Crippen LogP contribution < -0.4 is 14.8 Å². The molecule has 0 fully saturated rings. The minimum atomic E-state index is 0.607. The number of aromatic nitrogens is 1. The lowest BCUT2D eigenvalue weighted by molar-refractivity contribution is 0.406. The van der Waals surface area contributed by atoms with Gasteiger partial charge in [0.15, 0.2) is 0 Å². The van der Waals surface area contributed by atoms with Gasteiger partial charge in [0, 0.05) is 28.8 Å². The minimum Gasteiger partial charge on any atom is -0.497 e. The first-order chi connectivity index (χ1) is 10.2. The summed E-state index contributed by atoms with van der Waals surface area (Å²) in [7, 11) is 1.64. The molecule has 0 radical (unpaired) electrons. The molecule has 4 nitrogen and oxygen atoms in total. The van der Waals surface area contributed by atoms with Gasteiger partial charge < -0.3 is 14.8 Å². The predicted octanol–water partition coefficient (Wildman–Crippen LogP) is 4.14. The standard InChI is InChI=1S/C16H19BrN2O2/c1-3-7-18-10-12-8-13(17)11-19-16(12)21-15-6-4-5-14(9-15)20-2/h4-6,8-9,11,18H,3,7,10H2,1-2H3. The maximum atomic E-state index is 5.89. The van der Waals surface area contributed by atoms with Gasteiger partial charge in [-0.2, -0.15) is 0 Å². The summed E-state index contributed by atoms with van der Waals surface area (Å²) in [6, 6.07) is 9.52. The van der Waals surface area contributed by atoms with Crippen LogP contribution in [0.15, 0.2) is 41.0 Å². The van der Waals surface area contributed by atoms with E-state index in [0.29, 0.717) is 11.6 Å². The van der Waals surface area contributed by atoms with Crippen molar-refractivity contribution in [1.29, 1.82) is 0 Å². The van der Waals surface area contributed by atoms with Gasteiger partial charge in [-0.15, -0.1) is 0 Å². The molecule has 1 N–H and O–H groups in total. The first-order valence-electron chi connectivity index (χ1n) is 6.90. The zero-order chi connectivity index (χ0) is 15.1. The van der Waals surface area contributed by atoms with Crippen LogP contribution in [0.3, 0.4) is 0 Å². The molecule has 1 aromatic heterocycles. The molecule has 0 bridgehead atoms. The summed E-state index contributed by atoms with van der Waals surface area (Å²) in [4.78, 5) is 4.36. The second-order valence-electron chi connectivity index (χ2n) is 4.58. The summed E-state index contributed by atoms with van der Waals surface area (Å²) < 4.78 is 12.0. The van der Waals surface area contributed by atoms with Crippen molar-refractivity contribution in [2.75, 3.05) is 13.7 Å². The number of pyridine rings is 1. The second kappa shape index (κ2) is 8.00. The number of hydrogen-bond donors (Lipinski definition) is 1. The Balaban J connectivity index is 2.17. The van der Waals surface area contributed by atoms with Gasteiger partial charge in [0.1, 0.15) is 11.5 Å². The van der Waals surface area contributed by atoms with E-state index in [-0.39, 0.29) is 0 Å². The molecule has 1 heterocycles. The summed E-state index contributed by atoms with van der Waals surface area (Å²) in [6.07, 6.45) is 2.83. The van der Waals surface area contributed by atoms with Gasteiger partial charge in [-0.1, -0.05) is 13.0 Å². The van der Waals surface area contributed by atoms with Crippen molar-refractivity contribution in [2.45, 2.75) is 19.9 Å². The van der Waals surface area contributed by atoms with Crippen molar-refractivity contribution < 1.29 is 9.47 Å². The molecule has 0 aliphatic heterocycles. The number of nitrogens with zero attached hydrogens (tertiary/aromatic N) is 1. The Morgan fingerprint density at radius 1 is 1.24 bits per heavy atom. The predicted molar refractivity (Wildman–Crippen MR) is 87.0 cm³/mol. The van der Waals surface area contributed by atoms with Crippen molar-refractivity contribution in [2.24, 2.45) is 0 Å². The largest absolute Gasteiger partial charge is 0.497 e. The van der Waals surface area contributed by atoms with Crippen LogP contribution in [0.2, 0.25) is 0 Å². The van der Waals surface area contributed by atoms with E-state index < -0.39 is 0 Å². The highest BCUT2D eigenvalue weighted by Crippen LogP contribution is 2.27. The Morgan fingerprint density at radius 2 is 2.05 bits per heavy atom. The first kappa shape index (κ1) is 15.8. The fourth-order valence-corrected chi connectivity index (χ4v) is 2.24. The van der Waals surface area contributed by atoms with Gasteiger partial charge in [-0.3, -0.25) is 0 Å². The Kier molecular flexibility index (Phi) is 6.02. The fraction of sp³-hybridized carbons (Fsp3) is 0.312. The van der Waals surface area contributed by atoms with Crippen LogP contribution in [-0.2, 0) is 6.54 Å². The maximum absolute atomic E-state index is 5.89. The van der Waals surface area contributed by atoms with Gasteiger partial charge in [0.05, 0.1) is 7.11 Å². The van der Waals surface area contributed by atoms with Crippen molar-refractivity contribution in [1.82, 2.24) is 10.3 Å². The molecule has 0 spiro atoms. The second-order valence-corrected chi connectivity index (χ2v) is 5.49. The van der Waals surface area contributed by atoms with Gasteiger partial charge >= 0.3 is 0 Å². The van der Waals surface area contributed by atoms with Gasteiger partial charge in [-0.05, 0) is 47.1 Å². The molecule has 0 amide bonds. The van der Waals surface area contributed by atoms with E-state index in [2.05, 4.69) is 33.2 Å².